The molecule has 5 heteroatoms. The minimum absolute atomic E-state index is 0.181. The molecule has 2 atom stereocenters. The summed E-state index contributed by atoms with van der Waals surface area (Å²) in [5.41, 5.74) is 0.895. The molecule has 0 N–H and O–H groups in total. The molecule has 0 spiro atoms. The van der Waals surface area contributed by atoms with Crippen molar-refractivity contribution in [3.63, 3.8) is 0 Å². The maximum Gasteiger partial charge on any atom is 0.331 e. The molecule has 1 aliphatic rings. The van der Waals surface area contributed by atoms with E-state index in [0.717, 1.165) is 30.9 Å². The average Bonchev–Trinajstić information content (AvgIpc) is 2.59. The number of ether oxygens (including phenoxy) is 3. The summed E-state index contributed by atoms with van der Waals surface area (Å²) >= 11 is 0. The lowest BCUT2D eigenvalue weighted by molar-refractivity contribution is -0.186. The molecule has 0 aromatic heterocycles. The molecule has 0 amide bonds. The van der Waals surface area contributed by atoms with E-state index in [0.29, 0.717) is 6.61 Å². The molecule has 0 radical (unpaired) electrons. The van der Waals surface area contributed by atoms with E-state index < -0.39 is 12.1 Å². The zero-order chi connectivity index (χ0) is 16.5. The maximum atomic E-state index is 11.9. The fourth-order valence-corrected chi connectivity index (χ4v) is 2.18. The van der Waals surface area contributed by atoms with Crippen molar-refractivity contribution in [2.75, 3.05) is 6.61 Å². The number of benzene rings is 1. The van der Waals surface area contributed by atoms with Crippen LogP contribution in [0.25, 0.3) is 0 Å². The predicted octanol–water partition coefficient (Wildman–Crippen LogP) is 2.79. The van der Waals surface area contributed by atoms with Crippen LogP contribution >= 0.6 is 0 Å². The smallest absolute Gasteiger partial charge is 0.331 e. The summed E-state index contributed by atoms with van der Waals surface area (Å²) in [6, 6.07) is 9.36. The van der Waals surface area contributed by atoms with Gasteiger partial charge in [-0.2, -0.15) is 0 Å². The predicted molar refractivity (Wildman–Crippen MR) is 84.5 cm³/mol. The van der Waals surface area contributed by atoms with Gasteiger partial charge in [0, 0.05) is 12.7 Å². The molecule has 0 saturated carbocycles. The lowest BCUT2D eigenvalue weighted by Crippen LogP contribution is -2.30. The summed E-state index contributed by atoms with van der Waals surface area (Å²) in [6.45, 7) is 2.49. The Labute approximate surface area is 136 Å². The van der Waals surface area contributed by atoms with Crippen molar-refractivity contribution in [3.05, 3.63) is 48.0 Å². The van der Waals surface area contributed by atoms with Crippen LogP contribution in [0.5, 0.6) is 0 Å². The topological polar surface area (TPSA) is 61.8 Å². The van der Waals surface area contributed by atoms with Gasteiger partial charge in [0.05, 0.1) is 0 Å². The molecular formula is C18H22O5. The Morgan fingerprint density at radius 3 is 2.74 bits per heavy atom. The van der Waals surface area contributed by atoms with Crippen molar-refractivity contribution in [1.29, 1.82) is 0 Å². The van der Waals surface area contributed by atoms with Crippen molar-refractivity contribution in [1.82, 2.24) is 0 Å². The minimum atomic E-state index is -0.642. The highest BCUT2D eigenvalue weighted by molar-refractivity contribution is 5.98. The number of ketones is 1. The summed E-state index contributed by atoms with van der Waals surface area (Å²) in [4.78, 5) is 23.5. The van der Waals surface area contributed by atoms with Gasteiger partial charge in [0.1, 0.15) is 12.7 Å². The van der Waals surface area contributed by atoms with Crippen molar-refractivity contribution in [2.45, 2.75) is 45.2 Å². The Bertz CT molecular complexity index is 532. The second kappa shape index (κ2) is 9.22. The first-order chi connectivity index (χ1) is 11.1. The zero-order valence-electron chi connectivity index (χ0n) is 13.3. The Hall–Kier alpha value is -1.98. The molecule has 1 aromatic rings. The highest BCUT2D eigenvalue weighted by atomic mass is 16.7. The molecule has 5 nitrogen and oxygen atoms in total. The summed E-state index contributed by atoms with van der Waals surface area (Å²) in [5, 5.41) is 0. The summed E-state index contributed by atoms with van der Waals surface area (Å²) in [5.74, 6) is -0.834. The highest BCUT2D eigenvalue weighted by Gasteiger charge is 2.20. The van der Waals surface area contributed by atoms with Crippen LogP contribution in [0.3, 0.4) is 0 Å². The maximum absolute atomic E-state index is 11.9. The van der Waals surface area contributed by atoms with Crippen LogP contribution in [-0.4, -0.2) is 30.8 Å². The molecule has 1 aliphatic heterocycles. The molecule has 0 aliphatic carbocycles. The molecule has 23 heavy (non-hydrogen) atoms. The number of hydrogen-bond acceptors (Lipinski definition) is 5. The van der Waals surface area contributed by atoms with E-state index in [2.05, 4.69) is 0 Å². The van der Waals surface area contributed by atoms with Gasteiger partial charge in [-0.3, -0.25) is 4.79 Å². The van der Waals surface area contributed by atoms with Gasteiger partial charge < -0.3 is 14.2 Å². The van der Waals surface area contributed by atoms with Gasteiger partial charge in [0.2, 0.25) is 0 Å². The van der Waals surface area contributed by atoms with Crippen LogP contribution in [0, 0.1) is 0 Å². The third-order valence-corrected chi connectivity index (χ3v) is 3.50. The SMILES string of the molecule is C[C@@H](OC1CCCCO1)C(=O)/C=C/C(=O)OCc1ccccc1. The largest absolute Gasteiger partial charge is 0.458 e. The molecule has 1 heterocycles. The Balaban J connectivity index is 1.72. The summed E-state index contributed by atoms with van der Waals surface area (Å²) < 4.78 is 16.0. The standard InChI is InChI=1S/C18H22O5/c1-14(23-18-9-5-6-12-21-18)16(19)10-11-17(20)22-13-15-7-3-2-4-8-15/h2-4,7-8,10-11,14,18H,5-6,9,12-13H2,1H3/b11-10+/t14-,18?/m1/s1. The first-order valence-electron chi connectivity index (χ1n) is 7.85. The van der Waals surface area contributed by atoms with E-state index in [4.69, 9.17) is 14.2 Å². The molecule has 1 aromatic carbocycles. The fourth-order valence-electron chi connectivity index (χ4n) is 2.18. The van der Waals surface area contributed by atoms with Gasteiger partial charge in [-0.25, -0.2) is 4.79 Å². The van der Waals surface area contributed by atoms with Gasteiger partial charge >= 0.3 is 5.97 Å². The third kappa shape index (κ3) is 6.34. The monoisotopic (exact) mass is 318 g/mol. The Morgan fingerprint density at radius 1 is 1.26 bits per heavy atom. The third-order valence-electron chi connectivity index (χ3n) is 3.50. The Morgan fingerprint density at radius 2 is 2.04 bits per heavy atom. The number of carbonyl (C=O) groups excluding carboxylic acids is 2. The lowest BCUT2D eigenvalue weighted by atomic mass is 10.2. The first-order valence-corrected chi connectivity index (χ1v) is 7.85. The van der Waals surface area contributed by atoms with Gasteiger partial charge in [0.25, 0.3) is 0 Å². The zero-order valence-corrected chi connectivity index (χ0v) is 13.3. The molecule has 0 bridgehead atoms. The fraction of sp³-hybridized carbons (Fsp3) is 0.444. The van der Waals surface area contributed by atoms with E-state index in [1.54, 1.807) is 6.92 Å². The first kappa shape index (κ1) is 17.4. The highest BCUT2D eigenvalue weighted by Crippen LogP contribution is 2.15. The molecule has 124 valence electrons. The number of hydrogen-bond donors (Lipinski definition) is 0. The quantitative estimate of drug-likeness (QED) is 0.571. The second-order valence-electron chi connectivity index (χ2n) is 5.40. The van der Waals surface area contributed by atoms with Crippen LogP contribution in [0.1, 0.15) is 31.7 Å². The normalized spacial score (nSPS) is 19.4. The van der Waals surface area contributed by atoms with Gasteiger partial charge in [-0.1, -0.05) is 30.3 Å². The van der Waals surface area contributed by atoms with Crippen molar-refractivity contribution in [3.8, 4) is 0 Å². The van der Waals surface area contributed by atoms with E-state index >= 15 is 0 Å². The van der Waals surface area contributed by atoms with E-state index in [1.807, 2.05) is 30.3 Å². The van der Waals surface area contributed by atoms with E-state index in [1.165, 1.54) is 6.08 Å². The van der Waals surface area contributed by atoms with Crippen LogP contribution in [-0.2, 0) is 30.4 Å². The average molecular weight is 318 g/mol. The second-order valence-corrected chi connectivity index (χ2v) is 5.40. The van der Waals surface area contributed by atoms with Crippen molar-refractivity contribution < 1.29 is 23.8 Å². The molecular weight excluding hydrogens is 296 g/mol. The molecule has 1 fully saturated rings. The lowest BCUT2D eigenvalue weighted by Gasteiger charge is -2.24. The van der Waals surface area contributed by atoms with Crippen molar-refractivity contribution >= 4 is 11.8 Å². The van der Waals surface area contributed by atoms with Crippen LogP contribution < -0.4 is 0 Å². The van der Waals surface area contributed by atoms with Gasteiger partial charge in [-0.05, 0) is 37.8 Å². The van der Waals surface area contributed by atoms with Gasteiger partial charge in [0.15, 0.2) is 12.1 Å². The molecule has 2 rings (SSSR count). The Kier molecular flexibility index (Phi) is 6.97. The van der Waals surface area contributed by atoms with Gasteiger partial charge in [-0.15, -0.1) is 0 Å². The van der Waals surface area contributed by atoms with E-state index in [-0.39, 0.29) is 18.7 Å². The molecule has 1 saturated heterocycles. The van der Waals surface area contributed by atoms with Crippen molar-refractivity contribution in [2.24, 2.45) is 0 Å². The minimum Gasteiger partial charge on any atom is -0.458 e. The summed E-state index contributed by atoms with van der Waals surface area (Å²) in [7, 11) is 0. The molecule has 1 unspecified atom stereocenters. The van der Waals surface area contributed by atoms with Crippen LogP contribution in [0.15, 0.2) is 42.5 Å². The number of carbonyl (C=O) groups is 2. The van der Waals surface area contributed by atoms with Crippen LogP contribution in [0.2, 0.25) is 0 Å². The number of esters is 1. The van der Waals surface area contributed by atoms with Crippen LogP contribution in [0.4, 0.5) is 0 Å². The number of rotatable bonds is 7. The summed E-state index contributed by atoms with van der Waals surface area (Å²) in [6.07, 6.45) is 4.20. The van der Waals surface area contributed by atoms with E-state index in [9.17, 15) is 9.59 Å².